The highest BCUT2D eigenvalue weighted by atomic mass is 32.2. The van der Waals surface area contributed by atoms with E-state index in [-0.39, 0.29) is 16.7 Å². The van der Waals surface area contributed by atoms with Crippen molar-refractivity contribution >= 4 is 28.6 Å². The fourth-order valence-corrected chi connectivity index (χ4v) is 5.29. The molecule has 1 aliphatic rings. The van der Waals surface area contributed by atoms with E-state index in [1.165, 1.54) is 11.8 Å². The van der Waals surface area contributed by atoms with Crippen molar-refractivity contribution in [3.63, 3.8) is 0 Å². The Morgan fingerprint density at radius 1 is 1.03 bits per heavy atom. The van der Waals surface area contributed by atoms with E-state index >= 15 is 0 Å². The lowest BCUT2D eigenvalue weighted by molar-refractivity contribution is -0.132. The number of aromatic nitrogens is 2. The molecule has 4 rings (SSSR count). The van der Waals surface area contributed by atoms with Crippen LogP contribution in [0.15, 0.2) is 52.4 Å². The van der Waals surface area contributed by atoms with Gasteiger partial charge in [0.2, 0.25) is 5.91 Å². The third-order valence-corrected chi connectivity index (χ3v) is 7.21. The lowest BCUT2D eigenvalue weighted by atomic mass is 10.1. The van der Waals surface area contributed by atoms with Crippen molar-refractivity contribution in [1.29, 1.82) is 0 Å². The van der Waals surface area contributed by atoms with Crippen molar-refractivity contribution < 1.29 is 4.79 Å². The summed E-state index contributed by atoms with van der Waals surface area (Å²) in [7, 11) is 0. The maximum absolute atomic E-state index is 13.6. The second-order valence-corrected chi connectivity index (χ2v) is 9.62. The minimum atomic E-state index is -0.341. The van der Waals surface area contributed by atoms with Gasteiger partial charge < -0.3 is 9.80 Å². The summed E-state index contributed by atoms with van der Waals surface area (Å²) in [4.78, 5) is 35.9. The molecule has 168 valence electrons. The molecule has 0 N–H and O–H groups in total. The Labute approximate surface area is 193 Å². The van der Waals surface area contributed by atoms with E-state index in [4.69, 9.17) is 4.98 Å². The van der Waals surface area contributed by atoms with Gasteiger partial charge in [0, 0.05) is 26.2 Å². The van der Waals surface area contributed by atoms with Crippen LogP contribution in [0.25, 0.3) is 16.6 Å². The second-order valence-electron chi connectivity index (χ2n) is 8.31. The van der Waals surface area contributed by atoms with Gasteiger partial charge in [0.25, 0.3) is 5.56 Å². The molecule has 2 heterocycles. The summed E-state index contributed by atoms with van der Waals surface area (Å²) in [6, 6.07) is 13.4. The molecule has 1 atom stereocenters. The maximum Gasteiger partial charge on any atom is 0.266 e. The molecular weight excluding hydrogens is 420 g/mol. The number of para-hydroxylation sites is 2. The monoisotopic (exact) mass is 450 g/mol. The van der Waals surface area contributed by atoms with Crippen LogP contribution >= 0.6 is 11.8 Å². The SMILES string of the molecule is CCN1CCN(C(=O)C(C)Sc2nc3ccccc3c(=O)n2-c2c(C)cccc2C)CC1. The fraction of sp³-hybridized carbons (Fsp3) is 0.400. The fourth-order valence-electron chi connectivity index (χ4n) is 4.30. The highest BCUT2D eigenvalue weighted by Crippen LogP contribution is 2.28. The molecule has 0 radical (unpaired) electrons. The van der Waals surface area contributed by atoms with Crippen LogP contribution in [0.3, 0.4) is 0 Å². The largest absolute Gasteiger partial charge is 0.339 e. The van der Waals surface area contributed by atoms with E-state index in [1.54, 1.807) is 4.57 Å². The number of hydrogen-bond donors (Lipinski definition) is 0. The standard InChI is InChI=1S/C25H30N4O2S/c1-5-27-13-15-28(16-14-27)23(30)19(4)32-25-26-21-12-7-6-11-20(21)24(31)29(25)22-17(2)9-8-10-18(22)3/h6-12,19H,5,13-16H2,1-4H3. The third-order valence-electron chi connectivity index (χ3n) is 6.17. The summed E-state index contributed by atoms with van der Waals surface area (Å²) in [6.07, 6.45) is 0. The summed E-state index contributed by atoms with van der Waals surface area (Å²) < 4.78 is 1.69. The van der Waals surface area contributed by atoms with Crippen LogP contribution < -0.4 is 5.56 Å². The molecule has 0 bridgehead atoms. The Morgan fingerprint density at radius 2 is 1.69 bits per heavy atom. The van der Waals surface area contributed by atoms with Crippen LogP contribution in [0.4, 0.5) is 0 Å². The number of rotatable bonds is 5. The Hall–Kier alpha value is -2.64. The van der Waals surface area contributed by atoms with Crippen LogP contribution in [0.1, 0.15) is 25.0 Å². The van der Waals surface area contributed by atoms with Gasteiger partial charge in [-0.25, -0.2) is 4.98 Å². The highest BCUT2D eigenvalue weighted by Gasteiger charge is 2.27. The number of piperazine rings is 1. The smallest absolute Gasteiger partial charge is 0.266 e. The predicted molar refractivity (Wildman–Crippen MR) is 131 cm³/mol. The summed E-state index contributed by atoms with van der Waals surface area (Å²) >= 11 is 1.37. The first kappa shape index (κ1) is 22.6. The minimum Gasteiger partial charge on any atom is -0.339 e. The average Bonchev–Trinajstić information content (AvgIpc) is 2.80. The molecule has 1 unspecified atom stereocenters. The van der Waals surface area contributed by atoms with Gasteiger partial charge in [0.15, 0.2) is 5.16 Å². The summed E-state index contributed by atoms with van der Waals surface area (Å²) in [5, 5.41) is 0.792. The lowest BCUT2D eigenvalue weighted by Crippen LogP contribution is -2.50. The summed E-state index contributed by atoms with van der Waals surface area (Å²) in [5.41, 5.74) is 3.39. The quantitative estimate of drug-likeness (QED) is 0.439. The van der Waals surface area contributed by atoms with E-state index in [2.05, 4.69) is 11.8 Å². The summed E-state index contributed by atoms with van der Waals surface area (Å²) in [5.74, 6) is 0.0983. The first-order valence-corrected chi connectivity index (χ1v) is 12.0. The molecule has 0 spiro atoms. The van der Waals surface area contributed by atoms with E-state index < -0.39 is 0 Å². The highest BCUT2D eigenvalue weighted by molar-refractivity contribution is 8.00. The zero-order valence-corrected chi connectivity index (χ0v) is 20.0. The number of aryl methyl sites for hydroxylation is 2. The van der Waals surface area contributed by atoms with Crippen LogP contribution in [0.2, 0.25) is 0 Å². The van der Waals surface area contributed by atoms with Crippen LogP contribution in [0.5, 0.6) is 0 Å². The van der Waals surface area contributed by atoms with Gasteiger partial charge in [-0.2, -0.15) is 0 Å². The van der Waals surface area contributed by atoms with Crippen molar-refractivity contribution in [3.8, 4) is 5.69 Å². The number of carbonyl (C=O) groups excluding carboxylic acids is 1. The molecule has 0 saturated carbocycles. The molecule has 1 aliphatic heterocycles. The number of nitrogens with zero attached hydrogens (tertiary/aromatic N) is 4. The lowest BCUT2D eigenvalue weighted by Gasteiger charge is -2.35. The van der Waals surface area contributed by atoms with Crippen molar-refractivity contribution in [2.24, 2.45) is 0 Å². The molecule has 2 aromatic carbocycles. The number of carbonyl (C=O) groups is 1. The van der Waals surface area contributed by atoms with Gasteiger partial charge in [0.1, 0.15) is 0 Å². The Morgan fingerprint density at radius 3 is 2.34 bits per heavy atom. The van der Waals surface area contributed by atoms with Gasteiger partial charge in [-0.1, -0.05) is 49.0 Å². The second kappa shape index (κ2) is 9.46. The topological polar surface area (TPSA) is 58.4 Å². The van der Waals surface area contributed by atoms with E-state index in [0.29, 0.717) is 16.1 Å². The molecule has 7 heteroatoms. The maximum atomic E-state index is 13.6. The van der Waals surface area contributed by atoms with Crippen LogP contribution in [0, 0.1) is 13.8 Å². The third kappa shape index (κ3) is 4.32. The van der Waals surface area contributed by atoms with E-state index in [1.807, 2.05) is 68.1 Å². The number of fused-ring (bicyclic) bond motifs is 1. The van der Waals surface area contributed by atoms with Gasteiger partial charge in [-0.05, 0) is 50.6 Å². The van der Waals surface area contributed by atoms with Gasteiger partial charge in [-0.3, -0.25) is 14.2 Å². The van der Waals surface area contributed by atoms with Gasteiger partial charge in [0.05, 0.1) is 21.8 Å². The molecule has 1 aromatic heterocycles. The Bertz CT molecular complexity index is 1180. The normalized spacial score (nSPS) is 15.8. The van der Waals surface area contributed by atoms with Crippen molar-refractivity contribution in [3.05, 3.63) is 63.9 Å². The summed E-state index contributed by atoms with van der Waals surface area (Å²) in [6.45, 7) is 12.4. The molecular formula is C25H30N4O2S. The first-order chi connectivity index (χ1) is 15.4. The molecule has 1 amide bonds. The van der Waals surface area contributed by atoms with Gasteiger partial charge in [-0.15, -0.1) is 0 Å². The zero-order chi connectivity index (χ0) is 22.8. The molecule has 3 aromatic rings. The zero-order valence-electron chi connectivity index (χ0n) is 19.2. The average molecular weight is 451 g/mol. The van der Waals surface area contributed by atoms with E-state index in [0.717, 1.165) is 49.5 Å². The number of benzene rings is 2. The number of hydrogen-bond acceptors (Lipinski definition) is 5. The van der Waals surface area contributed by atoms with Gasteiger partial charge >= 0.3 is 0 Å². The minimum absolute atomic E-state index is 0.0983. The molecule has 1 fully saturated rings. The van der Waals surface area contributed by atoms with Crippen LogP contribution in [-0.4, -0.2) is 63.2 Å². The van der Waals surface area contributed by atoms with Crippen molar-refractivity contribution in [2.45, 2.75) is 38.1 Å². The van der Waals surface area contributed by atoms with Crippen molar-refractivity contribution in [1.82, 2.24) is 19.4 Å². The number of likely N-dealkylation sites (N-methyl/N-ethyl adjacent to an activating group) is 1. The Kier molecular flexibility index (Phi) is 6.67. The van der Waals surface area contributed by atoms with Crippen LogP contribution in [-0.2, 0) is 4.79 Å². The predicted octanol–water partition coefficient (Wildman–Crippen LogP) is 3.65. The molecule has 32 heavy (non-hydrogen) atoms. The molecule has 0 aliphatic carbocycles. The first-order valence-electron chi connectivity index (χ1n) is 11.2. The van der Waals surface area contributed by atoms with Crippen molar-refractivity contribution in [2.75, 3.05) is 32.7 Å². The number of amides is 1. The molecule has 1 saturated heterocycles. The Balaban J connectivity index is 1.73. The van der Waals surface area contributed by atoms with E-state index in [9.17, 15) is 9.59 Å². The molecule has 6 nitrogen and oxygen atoms in total. The number of thioether (sulfide) groups is 1.